The van der Waals surface area contributed by atoms with Gasteiger partial charge in [-0.3, -0.25) is 9.69 Å². The summed E-state index contributed by atoms with van der Waals surface area (Å²) in [5, 5.41) is 3.08. The second-order valence-electron chi connectivity index (χ2n) is 6.07. The van der Waals surface area contributed by atoms with E-state index in [1.165, 1.54) is 7.11 Å². The van der Waals surface area contributed by atoms with Crippen molar-refractivity contribution in [1.29, 1.82) is 0 Å². The van der Waals surface area contributed by atoms with Crippen LogP contribution in [0.3, 0.4) is 0 Å². The van der Waals surface area contributed by atoms with E-state index in [9.17, 15) is 4.79 Å². The fraction of sp³-hybridized carbons (Fsp3) is 0.733. The molecule has 0 spiro atoms. The van der Waals surface area contributed by atoms with Gasteiger partial charge in [0.25, 0.3) is 0 Å². The van der Waals surface area contributed by atoms with Gasteiger partial charge in [-0.15, -0.1) is 12.4 Å². The molecule has 1 aromatic heterocycles. The number of nitrogens with zero attached hydrogens (tertiary/aromatic N) is 2. The van der Waals surface area contributed by atoms with Crippen LogP contribution in [0.1, 0.15) is 25.4 Å². The number of aryl methyl sites for hydroxylation is 1. The largest absolute Gasteiger partial charge is 0.449 e. The highest BCUT2D eigenvalue weighted by Crippen LogP contribution is 2.25. The number of oxazole rings is 1. The van der Waals surface area contributed by atoms with Gasteiger partial charge in [-0.25, -0.2) is 4.98 Å². The van der Waals surface area contributed by atoms with Crippen LogP contribution in [0.4, 0.5) is 0 Å². The van der Waals surface area contributed by atoms with Crippen molar-refractivity contribution in [3.8, 4) is 0 Å². The van der Waals surface area contributed by atoms with Crippen LogP contribution in [0.15, 0.2) is 10.7 Å². The van der Waals surface area contributed by atoms with Gasteiger partial charge in [0.1, 0.15) is 12.9 Å². The van der Waals surface area contributed by atoms with E-state index in [-0.39, 0.29) is 31.0 Å². The second-order valence-corrected chi connectivity index (χ2v) is 6.07. The van der Waals surface area contributed by atoms with Gasteiger partial charge < -0.3 is 14.5 Å². The first-order valence-electron chi connectivity index (χ1n) is 7.41. The van der Waals surface area contributed by atoms with Crippen molar-refractivity contribution < 1.29 is 13.9 Å². The highest BCUT2D eigenvalue weighted by Gasteiger charge is 2.35. The molecule has 126 valence electrons. The zero-order chi connectivity index (χ0) is 15.4. The highest BCUT2D eigenvalue weighted by atomic mass is 35.5. The minimum Gasteiger partial charge on any atom is -0.449 e. The minimum atomic E-state index is -0.0488. The van der Waals surface area contributed by atoms with Crippen LogP contribution < -0.4 is 5.32 Å². The summed E-state index contributed by atoms with van der Waals surface area (Å²) in [6.07, 6.45) is 1.70. The number of aromatic nitrogens is 1. The molecule has 7 heteroatoms. The normalized spacial score (nSPS) is 21.9. The number of ether oxygens (including phenoxy) is 1. The van der Waals surface area contributed by atoms with Crippen LogP contribution in [-0.2, 0) is 16.1 Å². The van der Waals surface area contributed by atoms with Crippen LogP contribution in [0.25, 0.3) is 0 Å². The van der Waals surface area contributed by atoms with Gasteiger partial charge in [0.15, 0.2) is 5.89 Å². The number of rotatable bonds is 6. The lowest BCUT2D eigenvalue weighted by molar-refractivity contribution is -0.125. The first kappa shape index (κ1) is 18.9. The molecule has 1 aromatic rings. The molecule has 0 saturated carbocycles. The van der Waals surface area contributed by atoms with Crippen LogP contribution in [0.5, 0.6) is 0 Å². The molecule has 1 fully saturated rings. The highest BCUT2D eigenvalue weighted by molar-refractivity contribution is 5.85. The van der Waals surface area contributed by atoms with Gasteiger partial charge in [0.2, 0.25) is 5.91 Å². The molecule has 1 aliphatic rings. The molecule has 1 aliphatic heterocycles. The Kier molecular flexibility index (Phi) is 7.32. The molecule has 2 rings (SSSR count). The van der Waals surface area contributed by atoms with Crippen LogP contribution in [0, 0.1) is 18.8 Å². The number of carbonyl (C=O) groups is 1. The number of nitrogens with one attached hydrogen (secondary N) is 1. The Morgan fingerprint density at radius 1 is 1.55 bits per heavy atom. The summed E-state index contributed by atoms with van der Waals surface area (Å²) < 4.78 is 10.1. The number of methoxy groups -OCH3 is 1. The van der Waals surface area contributed by atoms with Gasteiger partial charge in [-0.1, -0.05) is 13.8 Å². The zero-order valence-electron chi connectivity index (χ0n) is 13.7. The lowest BCUT2D eigenvalue weighted by atomic mass is 9.91. The van der Waals surface area contributed by atoms with Gasteiger partial charge >= 0.3 is 0 Å². The fourth-order valence-electron chi connectivity index (χ4n) is 2.96. The molecular weight excluding hydrogens is 306 g/mol. The maximum absolute atomic E-state index is 11.8. The summed E-state index contributed by atoms with van der Waals surface area (Å²) in [5.41, 5.74) is 0.943. The maximum Gasteiger partial charge on any atom is 0.246 e. The van der Waals surface area contributed by atoms with Gasteiger partial charge in [0.05, 0.1) is 5.69 Å². The van der Waals surface area contributed by atoms with E-state index >= 15 is 0 Å². The Bertz CT molecular complexity index is 478. The van der Waals surface area contributed by atoms with Crippen molar-refractivity contribution in [2.24, 2.45) is 11.8 Å². The lowest BCUT2D eigenvalue weighted by Gasteiger charge is -2.22. The third-order valence-electron chi connectivity index (χ3n) is 3.97. The molecule has 0 bridgehead atoms. The SMILES string of the molecule is COCC(=O)N[C@H]1CN(Cc2coc(C)n2)C[C@@H]1C(C)C.Cl. The third kappa shape index (κ3) is 4.97. The molecule has 22 heavy (non-hydrogen) atoms. The summed E-state index contributed by atoms with van der Waals surface area (Å²) >= 11 is 0. The zero-order valence-corrected chi connectivity index (χ0v) is 14.5. The summed E-state index contributed by atoms with van der Waals surface area (Å²) in [5.74, 6) is 1.60. The van der Waals surface area contributed by atoms with Crippen molar-refractivity contribution in [1.82, 2.24) is 15.2 Å². The molecule has 1 amide bonds. The average Bonchev–Trinajstić information content (AvgIpc) is 2.97. The minimum absolute atomic E-state index is 0. The van der Waals surface area contributed by atoms with Gasteiger partial charge in [0, 0.05) is 39.7 Å². The number of hydrogen-bond donors (Lipinski definition) is 1. The number of likely N-dealkylation sites (tertiary alicyclic amines) is 1. The molecule has 0 aromatic carbocycles. The van der Waals surface area contributed by atoms with Crippen LogP contribution >= 0.6 is 12.4 Å². The molecule has 2 heterocycles. The van der Waals surface area contributed by atoms with Gasteiger partial charge in [-0.2, -0.15) is 0 Å². The molecule has 0 radical (unpaired) electrons. The molecule has 1 saturated heterocycles. The summed E-state index contributed by atoms with van der Waals surface area (Å²) in [6, 6.07) is 0.167. The monoisotopic (exact) mass is 331 g/mol. The Hall–Kier alpha value is -1.11. The quantitative estimate of drug-likeness (QED) is 0.858. The van der Waals surface area contributed by atoms with Crippen LogP contribution in [0.2, 0.25) is 0 Å². The number of amides is 1. The first-order valence-corrected chi connectivity index (χ1v) is 7.41. The van der Waals surface area contributed by atoms with Crippen molar-refractivity contribution >= 4 is 18.3 Å². The molecular formula is C15H26ClN3O3. The summed E-state index contributed by atoms with van der Waals surface area (Å²) in [4.78, 5) is 18.4. The smallest absolute Gasteiger partial charge is 0.246 e. The van der Waals surface area contributed by atoms with E-state index in [1.54, 1.807) is 6.26 Å². The maximum atomic E-state index is 11.8. The third-order valence-corrected chi connectivity index (χ3v) is 3.97. The Balaban J connectivity index is 0.00000242. The van der Waals surface area contributed by atoms with E-state index in [4.69, 9.17) is 9.15 Å². The molecule has 0 aliphatic carbocycles. The molecule has 0 unspecified atom stereocenters. The van der Waals surface area contributed by atoms with Crippen LogP contribution in [-0.4, -0.2) is 48.6 Å². The molecule has 6 nitrogen and oxygen atoms in total. The summed E-state index contributed by atoms with van der Waals surface area (Å²) in [6.45, 7) is 8.92. The fourth-order valence-corrected chi connectivity index (χ4v) is 2.96. The first-order chi connectivity index (χ1) is 9.99. The van der Waals surface area contributed by atoms with Crippen molar-refractivity contribution in [3.05, 3.63) is 17.8 Å². The standard InChI is InChI=1S/C15H25N3O3.ClH/c1-10(2)13-6-18(5-12-8-21-11(3)16-12)7-14(13)17-15(19)9-20-4;/h8,10,13-14H,5-7,9H2,1-4H3,(H,17,19);1H/t13-,14+;/m1./s1. The number of hydrogen-bond acceptors (Lipinski definition) is 5. The van der Waals surface area contributed by atoms with E-state index in [0.717, 1.165) is 25.3 Å². The van der Waals surface area contributed by atoms with Crippen molar-refractivity contribution in [2.75, 3.05) is 26.8 Å². The predicted octanol–water partition coefficient (Wildman–Crippen LogP) is 1.62. The Labute approximate surface area is 138 Å². The Morgan fingerprint density at radius 3 is 2.82 bits per heavy atom. The van der Waals surface area contributed by atoms with Crippen molar-refractivity contribution in [2.45, 2.75) is 33.4 Å². The van der Waals surface area contributed by atoms with E-state index in [0.29, 0.717) is 17.7 Å². The second kappa shape index (κ2) is 8.50. The van der Waals surface area contributed by atoms with Crippen molar-refractivity contribution in [3.63, 3.8) is 0 Å². The molecule has 2 atom stereocenters. The topological polar surface area (TPSA) is 67.6 Å². The average molecular weight is 332 g/mol. The van der Waals surface area contributed by atoms with E-state index < -0.39 is 0 Å². The Morgan fingerprint density at radius 2 is 2.27 bits per heavy atom. The lowest BCUT2D eigenvalue weighted by Crippen LogP contribution is -2.43. The number of carbonyl (C=O) groups excluding carboxylic acids is 1. The van der Waals surface area contributed by atoms with E-state index in [1.807, 2.05) is 6.92 Å². The number of halogens is 1. The van der Waals surface area contributed by atoms with Gasteiger partial charge in [-0.05, 0) is 11.8 Å². The predicted molar refractivity (Wildman–Crippen MR) is 85.9 cm³/mol. The van der Waals surface area contributed by atoms with E-state index in [2.05, 4.69) is 29.0 Å². The summed E-state index contributed by atoms with van der Waals surface area (Å²) in [7, 11) is 1.54. The molecule has 1 N–H and O–H groups in total.